The molecule has 1 saturated heterocycles. The molecule has 136 valence electrons. The zero-order valence-electron chi connectivity index (χ0n) is 15.0. The summed E-state index contributed by atoms with van der Waals surface area (Å²) in [7, 11) is 3.87. The minimum atomic E-state index is 0.105. The monoisotopic (exact) mass is 347 g/mol. The van der Waals surface area contributed by atoms with Crippen molar-refractivity contribution in [1.82, 2.24) is 24.8 Å². The number of aryl methyl sites for hydroxylation is 1. The van der Waals surface area contributed by atoms with Crippen LogP contribution in [0.5, 0.6) is 0 Å². The van der Waals surface area contributed by atoms with Crippen LogP contribution in [0.15, 0.2) is 27.3 Å². The molecular weight excluding hydrogens is 322 g/mol. The van der Waals surface area contributed by atoms with Crippen molar-refractivity contribution in [3.05, 3.63) is 35.9 Å². The Morgan fingerprint density at radius 3 is 2.92 bits per heavy atom. The maximum absolute atomic E-state index is 12.4. The lowest BCUT2D eigenvalue weighted by atomic mass is 10.2. The fraction of sp³-hybridized carbons (Fsp3) is 0.588. The number of furan rings is 1. The van der Waals surface area contributed by atoms with E-state index in [4.69, 9.17) is 8.94 Å². The summed E-state index contributed by atoms with van der Waals surface area (Å²) in [5.74, 6) is 2.19. The van der Waals surface area contributed by atoms with Gasteiger partial charge in [0.2, 0.25) is 11.8 Å². The second-order valence-corrected chi connectivity index (χ2v) is 6.65. The molecule has 0 unspecified atom stereocenters. The number of rotatable bonds is 7. The van der Waals surface area contributed by atoms with Crippen LogP contribution >= 0.6 is 0 Å². The molecule has 3 rings (SSSR count). The largest absolute Gasteiger partial charge is 0.467 e. The van der Waals surface area contributed by atoms with Crippen molar-refractivity contribution in [2.45, 2.75) is 32.5 Å². The van der Waals surface area contributed by atoms with Crippen molar-refractivity contribution >= 4 is 5.91 Å². The number of hydrogen-bond acceptors (Lipinski definition) is 7. The molecule has 0 aliphatic carbocycles. The Balaban J connectivity index is 1.44. The van der Waals surface area contributed by atoms with E-state index in [1.54, 1.807) is 18.1 Å². The lowest BCUT2D eigenvalue weighted by Crippen LogP contribution is -2.39. The number of carbonyl (C=O) groups is 1. The van der Waals surface area contributed by atoms with E-state index >= 15 is 0 Å². The van der Waals surface area contributed by atoms with E-state index in [2.05, 4.69) is 27.0 Å². The first kappa shape index (κ1) is 17.6. The second kappa shape index (κ2) is 7.79. The lowest BCUT2D eigenvalue weighted by molar-refractivity contribution is -0.131. The summed E-state index contributed by atoms with van der Waals surface area (Å²) < 4.78 is 10.3. The molecular formula is C17H25N5O3. The zero-order chi connectivity index (χ0) is 17.8. The summed E-state index contributed by atoms with van der Waals surface area (Å²) in [5.41, 5.74) is 0. The molecule has 0 spiro atoms. The Morgan fingerprint density at radius 2 is 2.24 bits per heavy atom. The van der Waals surface area contributed by atoms with E-state index in [0.717, 1.165) is 25.3 Å². The van der Waals surface area contributed by atoms with Crippen molar-refractivity contribution in [2.24, 2.45) is 0 Å². The second-order valence-electron chi connectivity index (χ2n) is 6.65. The van der Waals surface area contributed by atoms with E-state index in [1.807, 2.05) is 19.2 Å². The molecule has 1 aliphatic rings. The Morgan fingerprint density at radius 1 is 1.40 bits per heavy atom. The third-order valence-electron chi connectivity index (χ3n) is 4.59. The van der Waals surface area contributed by atoms with Gasteiger partial charge in [-0.05, 0) is 25.6 Å². The first-order chi connectivity index (χ1) is 12.0. The fourth-order valence-corrected chi connectivity index (χ4v) is 3.11. The molecule has 1 fully saturated rings. The van der Waals surface area contributed by atoms with Gasteiger partial charge in [-0.3, -0.25) is 14.6 Å². The highest BCUT2D eigenvalue weighted by molar-refractivity contribution is 5.78. The lowest BCUT2D eigenvalue weighted by Gasteiger charge is -2.24. The molecule has 3 heterocycles. The van der Waals surface area contributed by atoms with Gasteiger partial charge in [0.1, 0.15) is 5.76 Å². The van der Waals surface area contributed by atoms with Crippen molar-refractivity contribution in [1.29, 1.82) is 0 Å². The van der Waals surface area contributed by atoms with E-state index in [-0.39, 0.29) is 5.91 Å². The Labute approximate surface area is 147 Å². The SMILES string of the molecule is Cc1nc(CN(C)[C@@H]2CCN(CC(=O)N(C)Cc3ccco3)C2)no1. The van der Waals surface area contributed by atoms with Gasteiger partial charge in [0, 0.05) is 33.1 Å². The van der Waals surface area contributed by atoms with Gasteiger partial charge in [-0.1, -0.05) is 5.16 Å². The average Bonchev–Trinajstić information content (AvgIpc) is 3.30. The topological polar surface area (TPSA) is 78.9 Å². The number of nitrogens with zero attached hydrogens (tertiary/aromatic N) is 5. The molecule has 1 amide bonds. The van der Waals surface area contributed by atoms with Crippen LogP contribution in [-0.2, 0) is 17.9 Å². The number of amides is 1. The molecule has 1 aliphatic heterocycles. The number of hydrogen-bond donors (Lipinski definition) is 0. The standard InChI is InChI=1S/C17H25N5O3/c1-13-18-16(19-25-13)11-20(2)14-6-7-22(9-14)12-17(23)21(3)10-15-5-4-8-24-15/h4-5,8,14H,6-7,9-12H2,1-3H3/t14-/m1/s1. The highest BCUT2D eigenvalue weighted by Gasteiger charge is 2.28. The van der Waals surface area contributed by atoms with Gasteiger partial charge in [0.25, 0.3) is 0 Å². The zero-order valence-corrected chi connectivity index (χ0v) is 15.0. The van der Waals surface area contributed by atoms with Gasteiger partial charge < -0.3 is 13.8 Å². The molecule has 8 nitrogen and oxygen atoms in total. The summed E-state index contributed by atoms with van der Waals surface area (Å²) >= 11 is 0. The molecule has 0 N–H and O–H groups in total. The highest BCUT2D eigenvalue weighted by atomic mass is 16.5. The molecule has 0 bridgehead atoms. The third kappa shape index (κ3) is 4.67. The van der Waals surface area contributed by atoms with Gasteiger partial charge in [0.05, 0.1) is 25.9 Å². The van der Waals surface area contributed by atoms with Gasteiger partial charge in [-0.15, -0.1) is 0 Å². The number of aromatic nitrogens is 2. The van der Waals surface area contributed by atoms with Crippen LogP contribution < -0.4 is 0 Å². The van der Waals surface area contributed by atoms with Crippen LogP contribution in [-0.4, -0.2) is 70.5 Å². The highest BCUT2D eigenvalue weighted by Crippen LogP contribution is 2.16. The minimum absolute atomic E-state index is 0.105. The van der Waals surface area contributed by atoms with Crippen LogP contribution in [0.2, 0.25) is 0 Å². The van der Waals surface area contributed by atoms with Gasteiger partial charge in [-0.2, -0.15) is 4.98 Å². The van der Waals surface area contributed by atoms with Crippen molar-refractivity contribution in [2.75, 3.05) is 33.7 Å². The van der Waals surface area contributed by atoms with Gasteiger partial charge in [-0.25, -0.2) is 0 Å². The number of carbonyl (C=O) groups excluding carboxylic acids is 1. The van der Waals surface area contributed by atoms with Crippen LogP contribution in [0.25, 0.3) is 0 Å². The quantitative estimate of drug-likeness (QED) is 0.743. The van der Waals surface area contributed by atoms with Gasteiger partial charge >= 0.3 is 0 Å². The summed E-state index contributed by atoms with van der Waals surface area (Å²) in [5, 5.41) is 3.94. The van der Waals surface area contributed by atoms with Crippen LogP contribution in [0.4, 0.5) is 0 Å². The molecule has 2 aromatic heterocycles. The number of likely N-dealkylation sites (tertiary alicyclic amines) is 1. The average molecular weight is 347 g/mol. The molecule has 0 aromatic carbocycles. The van der Waals surface area contributed by atoms with Crippen molar-refractivity contribution < 1.29 is 13.7 Å². The summed E-state index contributed by atoms with van der Waals surface area (Å²) in [6.45, 7) is 5.16. The Bertz CT molecular complexity index is 684. The first-order valence-electron chi connectivity index (χ1n) is 8.49. The van der Waals surface area contributed by atoms with Crippen LogP contribution in [0, 0.1) is 6.92 Å². The molecule has 8 heteroatoms. The van der Waals surface area contributed by atoms with Crippen molar-refractivity contribution in [3.8, 4) is 0 Å². The summed E-state index contributed by atoms with van der Waals surface area (Å²) in [6, 6.07) is 4.10. The predicted molar refractivity (Wildman–Crippen MR) is 90.5 cm³/mol. The molecule has 0 radical (unpaired) electrons. The van der Waals surface area contributed by atoms with E-state index in [9.17, 15) is 4.79 Å². The van der Waals surface area contributed by atoms with E-state index in [0.29, 0.717) is 37.4 Å². The predicted octanol–water partition coefficient (Wildman–Crippen LogP) is 1.14. The maximum atomic E-state index is 12.4. The van der Waals surface area contributed by atoms with Crippen molar-refractivity contribution in [3.63, 3.8) is 0 Å². The van der Waals surface area contributed by atoms with Gasteiger partial charge in [0.15, 0.2) is 5.82 Å². The normalized spacial score (nSPS) is 18.2. The fourth-order valence-electron chi connectivity index (χ4n) is 3.11. The Hall–Kier alpha value is -2.19. The summed E-state index contributed by atoms with van der Waals surface area (Å²) in [4.78, 5) is 22.8. The van der Waals surface area contributed by atoms with Crippen LogP contribution in [0.1, 0.15) is 23.9 Å². The van der Waals surface area contributed by atoms with Crippen LogP contribution in [0.3, 0.4) is 0 Å². The summed E-state index contributed by atoms with van der Waals surface area (Å²) in [6.07, 6.45) is 2.66. The maximum Gasteiger partial charge on any atom is 0.236 e. The van der Waals surface area contributed by atoms with E-state index < -0.39 is 0 Å². The molecule has 0 saturated carbocycles. The minimum Gasteiger partial charge on any atom is -0.467 e. The third-order valence-corrected chi connectivity index (χ3v) is 4.59. The number of likely N-dealkylation sites (N-methyl/N-ethyl adjacent to an activating group) is 2. The first-order valence-corrected chi connectivity index (χ1v) is 8.49. The molecule has 1 atom stereocenters. The smallest absolute Gasteiger partial charge is 0.236 e. The molecule has 25 heavy (non-hydrogen) atoms. The Kier molecular flexibility index (Phi) is 5.50. The van der Waals surface area contributed by atoms with E-state index in [1.165, 1.54) is 0 Å². The molecule has 2 aromatic rings.